The van der Waals surface area contributed by atoms with Crippen LogP contribution in [0.5, 0.6) is 0 Å². The van der Waals surface area contributed by atoms with E-state index in [1.807, 2.05) is 48.9 Å². The predicted octanol–water partition coefficient (Wildman–Crippen LogP) is 3.50. The predicted molar refractivity (Wildman–Crippen MR) is 109 cm³/mol. The number of imidazole rings is 1. The number of hydrogen-bond acceptors (Lipinski definition) is 5. The average molecular weight is 382 g/mol. The van der Waals surface area contributed by atoms with Crippen LogP contribution in [0.3, 0.4) is 0 Å². The zero-order chi connectivity index (χ0) is 19.8. The lowest BCUT2D eigenvalue weighted by atomic mass is 10.0. The zero-order valence-corrected chi connectivity index (χ0v) is 15.6. The Kier molecular flexibility index (Phi) is 4.13. The van der Waals surface area contributed by atoms with Gasteiger partial charge in [0, 0.05) is 24.0 Å². The summed E-state index contributed by atoms with van der Waals surface area (Å²) < 4.78 is 2.19. The number of nitrogens with two attached hydrogens (primary N) is 1. The summed E-state index contributed by atoms with van der Waals surface area (Å²) in [5, 5.41) is 0. The molecular formula is C22H18N6O. The summed E-state index contributed by atoms with van der Waals surface area (Å²) in [5.74, 6) is -0.564. The normalized spacial score (nSPS) is 13.4. The molecule has 1 amide bonds. The van der Waals surface area contributed by atoms with Crippen LogP contribution in [0.2, 0.25) is 0 Å². The summed E-state index contributed by atoms with van der Waals surface area (Å²) >= 11 is 0. The van der Waals surface area contributed by atoms with E-state index in [1.165, 1.54) is 12.8 Å². The van der Waals surface area contributed by atoms with Crippen molar-refractivity contribution in [3.05, 3.63) is 73.1 Å². The Morgan fingerprint density at radius 1 is 1.03 bits per heavy atom. The third-order valence-electron chi connectivity index (χ3n) is 4.99. The van der Waals surface area contributed by atoms with Crippen molar-refractivity contribution >= 4 is 5.91 Å². The second-order valence-electron chi connectivity index (χ2n) is 7.02. The number of carbonyl (C=O) groups excluding carboxylic acids is 1. The first-order valence-corrected chi connectivity index (χ1v) is 9.41. The molecule has 2 N–H and O–H groups in total. The maximum Gasteiger partial charge on any atom is 0.267 e. The second-order valence-corrected chi connectivity index (χ2v) is 7.02. The molecule has 1 aliphatic carbocycles. The van der Waals surface area contributed by atoms with Crippen molar-refractivity contribution in [2.75, 3.05) is 0 Å². The summed E-state index contributed by atoms with van der Waals surface area (Å²) in [6.07, 6.45) is 9.39. The van der Waals surface area contributed by atoms with Crippen molar-refractivity contribution in [3.63, 3.8) is 0 Å². The highest BCUT2D eigenvalue weighted by molar-refractivity contribution is 5.92. The first-order chi connectivity index (χ1) is 14.2. The number of aromatic nitrogens is 5. The molecule has 1 fully saturated rings. The standard InChI is InChI=1S/C22H18N6O/c23-22(29)19-11-14(8-10-25-19)16-3-2-9-26-21(16)18-5-1-4-17(27-18)20-12-24-13-28(20)15-6-7-15/h1-5,8-13,15H,6-7H2,(H2,23,29). The van der Waals surface area contributed by atoms with Gasteiger partial charge < -0.3 is 10.3 Å². The third kappa shape index (κ3) is 3.27. The zero-order valence-electron chi connectivity index (χ0n) is 15.6. The Bertz CT molecular complexity index is 1210. The average Bonchev–Trinajstić information content (AvgIpc) is 3.50. The summed E-state index contributed by atoms with van der Waals surface area (Å²) in [6, 6.07) is 13.7. The lowest BCUT2D eigenvalue weighted by Gasteiger charge is -2.11. The van der Waals surface area contributed by atoms with Gasteiger partial charge in [-0.05, 0) is 48.7 Å². The SMILES string of the molecule is NC(=O)c1cc(-c2cccnc2-c2cccc(-c3cncn3C3CC3)n2)ccn1. The number of pyridine rings is 3. The van der Waals surface area contributed by atoms with E-state index in [4.69, 9.17) is 10.7 Å². The largest absolute Gasteiger partial charge is 0.364 e. The molecule has 0 atom stereocenters. The lowest BCUT2D eigenvalue weighted by molar-refractivity contribution is 0.0995. The summed E-state index contributed by atoms with van der Waals surface area (Å²) in [5.41, 5.74) is 10.6. The van der Waals surface area contributed by atoms with E-state index in [2.05, 4.69) is 19.5 Å². The summed E-state index contributed by atoms with van der Waals surface area (Å²) in [6.45, 7) is 0. The van der Waals surface area contributed by atoms with Crippen molar-refractivity contribution in [2.45, 2.75) is 18.9 Å². The minimum Gasteiger partial charge on any atom is -0.364 e. The number of primary amides is 1. The van der Waals surface area contributed by atoms with Gasteiger partial charge in [-0.15, -0.1) is 0 Å². The van der Waals surface area contributed by atoms with E-state index in [0.717, 1.165) is 33.9 Å². The van der Waals surface area contributed by atoms with Crippen molar-refractivity contribution in [1.29, 1.82) is 0 Å². The fourth-order valence-electron chi connectivity index (χ4n) is 3.43. The number of nitrogens with zero attached hydrogens (tertiary/aromatic N) is 5. The molecule has 7 heteroatoms. The lowest BCUT2D eigenvalue weighted by Crippen LogP contribution is -2.12. The third-order valence-corrected chi connectivity index (χ3v) is 4.99. The van der Waals surface area contributed by atoms with Crippen molar-refractivity contribution in [3.8, 4) is 33.9 Å². The minimum atomic E-state index is -0.564. The van der Waals surface area contributed by atoms with Gasteiger partial charge in [-0.25, -0.2) is 9.97 Å². The van der Waals surface area contributed by atoms with Gasteiger partial charge in [0.25, 0.3) is 5.91 Å². The monoisotopic (exact) mass is 382 g/mol. The van der Waals surface area contributed by atoms with E-state index >= 15 is 0 Å². The van der Waals surface area contributed by atoms with Crippen molar-refractivity contribution in [2.24, 2.45) is 5.73 Å². The van der Waals surface area contributed by atoms with E-state index in [9.17, 15) is 4.79 Å². The Labute approximate surface area is 167 Å². The van der Waals surface area contributed by atoms with E-state index in [-0.39, 0.29) is 5.69 Å². The maximum atomic E-state index is 11.5. The minimum absolute atomic E-state index is 0.215. The summed E-state index contributed by atoms with van der Waals surface area (Å²) in [7, 11) is 0. The molecule has 29 heavy (non-hydrogen) atoms. The van der Waals surface area contributed by atoms with Crippen LogP contribution in [0, 0.1) is 0 Å². The molecule has 0 saturated heterocycles. The van der Waals surface area contributed by atoms with E-state index < -0.39 is 5.91 Å². The van der Waals surface area contributed by atoms with Gasteiger partial charge in [-0.3, -0.25) is 14.8 Å². The molecule has 0 unspecified atom stereocenters. The Morgan fingerprint density at radius 3 is 2.72 bits per heavy atom. The van der Waals surface area contributed by atoms with Crippen molar-refractivity contribution in [1.82, 2.24) is 24.5 Å². The molecule has 0 bridgehead atoms. The molecule has 0 aromatic carbocycles. The molecule has 5 rings (SSSR count). The molecule has 0 radical (unpaired) electrons. The Balaban J connectivity index is 1.60. The van der Waals surface area contributed by atoms with Crippen LogP contribution in [0.15, 0.2) is 67.4 Å². The second kappa shape index (κ2) is 6.94. The fraction of sp³-hybridized carbons (Fsp3) is 0.136. The summed E-state index contributed by atoms with van der Waals surface area (Å²) in [4.78, 5) is 29.3. The first-order valence-electron chi connectivity index (χ1n) is 9.41. The van der Waals surface area contributed by atoms with Gasteiger partial charge in [0.1, 0.15) is 5.69 Å². The molecule has 1 saturated carbocycles. The van der Waals surface area contributed by atoms with Crippen LogP contribution < -0.4 is 5.73 Å². The van der Waals surface area contributed by atoms with Gasteiger partial charge >= 0.3 is 0 Å². The van der Waals surface area contributed by atoms with Crippen LogP contribution in [0.25, 0.3) is 33.9 Å². The number of amides is 1. The Hall–Kier alpha value is -3.87. The van der Waals surface area contributed by atoms with Crippen LogP contribution in [-0.4, -0.2) is 30.4 Å². The van der Waals surface area contributed by atoms with Gasteiger partial charge in [0.15, 0.2) is 0 Å². The van der Waals surface area contributed by atoms with E-state index in [0.29, 0.717) is 6.04 Å². The van der Waals surface area contributed by atoms with Crippen LogP contribution in [0.4, 0.5) is 0 Å². The van der Waals surface area contributed by atoms with Gasteiger partial charge in [-0.1, -0.05) is 12.1 Å². The Morgan fingerprint density at radius 2 is 1.90 bits per heavy atom. The van der Waals surface area contributed by atoms with Gasteiger partial charge in [-0.2, -0.15) is 0 Å². The molecule has 1 aliphatic rings. The molecule has 0 aliphatic heterocycles. The highest BCUT2D eigenvalue weighted by atomic mass is 16.1. The van der Waals surface area contributed by atoms with Crippen molar-refractivity contribution < 1.29 is 4.79 Å². The molecule has 4 aromatic heterocycles. The molecule has 7 nitrogen and oxygen atoms in total. The molecule has 142 valence electrons. The van der Waals surface area contributed by atoms with Crippen LogP contribution in [0.1, 0.15) is 29.4 Å². The smallest absolute Gasteiger partial charge is 0.267 e. The fourth-order valence-corrected chi connectivity index (χ4v) is 3.43. The molecule has 4 heterocycles. The number of hydrogen-bond donors (Lipinski definition) is 1. The van der Waals surface area contributed by atoms with Crippen LogP contribution in [-0.2, 0) is 0 Å². The van der Waals surface area contributed by atoms with Crippen LogP contribution >= 0.6 is 0 Å². The highest BCUT2D eigenvalue weighted by Crippen LogP contribution is 2.38. The number of rotatable bonds is 5. The van der Waals surface area contributed by atoms with Gasteiger partial charge in [0.05, 0.1) is 35.3 Å². The molecule has 0 spiro atoms. The highest BCUT2D eigenvalue weighted by Gasteiger charge is 2.26. The molecule has 4 aromatic rings. The van der Waals surface area contributed by atoms with Gasteiger partial charge in [0.2, 0.25) is 0 Å². The first kappa shape index (κ1) is 17.2. The van der Waals surface area contributed by atoms with E-state index in [1.54, 1.807) is 18.5 Å². The molecular weight excluding hydrogens is 364 g/mol. The maximum absolute atomic E-state index is 11.5. The quantitative estimate of drug-likeness (QED) is 0.569. The number of carbonyl (C=O) groups is 1. The topological polar surface area (TPSA) is 99.6 Å².